The van der Waals surface area contributed by atoms with E-state index in [4.69, 9.17) is 0 Å². The molecule has 12 heavy (non-hydrogen) atoms. The van der Waals surface area contributed by atoms with Gasteiger partial charge in [0.1, 0.15) is 0 Å². The van der Waals surface area contributed by atoms with Crippen LogP contribution in [-0.2, 0) is 0 Å². The van der Waals surface area contributed by atoms with Crippen molar-refractivity contribution >= 4 is 0 Å². The molecule has 2 aliphatic rings. The zero-order chi connectivity index (χ0) is 8.66. The molecule has 0 unspecified atom stereocenters. The molecule has 2 fully saturated rings. The first-order valence-corrected chi connectivity index (χ1v) is 5.20. The Bertz CT molecular complexity index is 210. The Labute approximate surface area is 74.8 Å². The Morgan fingerprint density at radius 2 is 1.75 bits per heavy atom. The van der Waals surface area contributed by atoms with Gasteiger partial charge in [-0.1, -0.05) is 19.8 Å². The molecule has 0 atom stereocenters. The Morgan fingerprint density at radius 1 is 1.17 bits per heavy atom. The summed E-state index contributed by atoms with van der Waals surface area (Å²) in [5, 5.41) is 9.22. The van der Waals surface area contributed by atoms with E-state index in [-0.39, 0.29) is 5.41 Å². The number of rotatable bonds is 2. The minimum absolute atomic E-state index is 0.111. The molecule has 0 heterocycles. The van der Waals surface area contributed by atoms with Crippen molar-refractivity contribution in [2.75, 3.05) is 0 Å². The molecule has 2 rings (SSSR count). The lowest BCUT2D eigenvalue weighted by molar-refractivity contribution is -0.0568. The van der Waals surface area contributed by atoms with E-state index in [0.29, 0.717) is 5.41 Å². The van der Waals surface area contributed by atoms with Gasteiger partial charge in [-0.15, -0.1) is 0 Å². The number of hydrogen-bond donors (Lipinski definition) is 0. The fraction of sp³-hybridized carbons (Fsp3) is 0.909. The molecule has 1 nitrogen and oxygen atoms in total. The molecule has 0 N–H and O–H groups in total. The van der Waals surface area contributed by atoms with Crippen LogP contribution in [-0.4, -0.2) is 0 Å². The van der Waals surface area contributed by atoms with Crippen LogP contribution in [0.15, 0.2) is 0 Å². The first-order chi connectivity index (χ1) is 5.79. The number of nitrogens with zero attached hydrogens (tertiary/aromatic N) is 1. The Morgan fingerprint density at radius 3 is 1.83 bits per heavy atom. The summed E-state index contributed by atoms with van der Waals surface area (Å²) in [4.78, 5) is 0. The summed E-state index contributed by atoms with van der Waals surface area (Å²) in [6.07, 6.45) is 8.86. The molecular weight excluding hydrogens is 146 g/mol. The van der Waals surface area contributed by atoms with Gasteiger partial charge in [0.15, 0.2) is 0 Å². The molecule has 2 aliphatic carbocycles. The zero-order valence-electron chi connectivity index (χ0n) is 7.90. The van der Waals surface area contributed by atoms with Gasteiger partial charge in [-0.05, 0) is 37.5 Å². The van der Waals surface area contributed by atoms with Gasteiger partial charge in [0, 0.05) is 0 Å². The highest BCUT2D eigenvalue weighted by Gasteiger charge is 2.56. The van der Waals surface area contributed by atoms with E-state index in [9.17, 15) is 5.26 Å². The summed E-state index contributed by atoms with van der Waals surface area (Å²) in [6.45, 7) is 2.26. The smallest absolute Gasteiger partial charge is 0.0695 e. The molecule has 0 aliphatic heterocycles. The van der Waals surface area contributed by atoms with Gasteiger partial charge in [0.25, 0.3) is 0 Å². The molecule has 1 heteroatoms. The van der Waals surface area contributed by atoms with E-state index < -0.39 is 0 Å². The third-order valence-corrected chi connectivity index (χ3v) is 4.42. The molecule has 0 radical (unpaired) electrons. The van der Waals surface area contributed by atoms with Crippen LogP contribution in [0.2, 0.25) is 0 Å². The molecule has 0 spiro atoms. The second-order valence-corrected chi connectivity index (χ2v) is 4.53. The van der Waals surface area contributed by atoms with Crippen molar-refractivity contribution in [2.24, 2.45) is 10.8 Å². The van der Waals surface area contributed by atoms with E-state index in [1.54, 1.807) is 0 Å². The SMILES string of the molecule is CCC1(C2(C#N)CCC2)CCC1. The highest BCUT2D eigenvalue weighted by Crippen LogP contribution is 2.64. The maximum atomic E-state index is 9.22. The van der Waals surface area contributed by atoms with Gasteiger partial charge in [-0.3, -0.25) is 0 Å². The summed E-state index contributed by atoms with van der Waals surface area (Å²) >= 11 is 0. The molecule has 2 saturated carbocycles. The highest BCUT2D eigenvalue weighted by atomic mass is 14.6. The molecule has 0 aromatic rings. The minimum atomic E-state index is 0.111. The molecule has 0 bridgehead atoms. The first kappa shape index (κ1) is 8.10. The lowest BCUT2D eigenvalue weighted by Gasteiger charge is -2.57. The predicted molar refractivity (Wildman–Crippen MR) is 48.5 cm³/mol. The van der Waals surface area contributed by atoms with Gasteiger partial charge in [-0.25, -0.2) is 0 Å². The third kappa shape index (κ3) is 0.736. The van der Waals surface area contributed by atoms with Crippen LogP contribution in [0.5, 0.6) is 0 Å². The van der Waals surface area contributed by atoms with Crippen molar-refractivity contribution in [1.29, 1.82) is 5.26 Å². The lowest BCUT2D eigenvalue weighted by Crippen LogP contribution is -2.49. The summed E-state index contributed by atoms with van der Waals surface area (Å²) in [5.74, 6) is 0. The normalized spacial score (nSPS) is 29.7. The Balaban J connectivity index is 2.20. The number of hydrogen-bond acceptors (Lipinski definition) is 1. The molecule has 0 aromatic carbocycles. The van der Waals surface area contributed by atoms with Crippen molar-refractivity contribution in [2.45, 2.75) is 51.9 Å². The average molecular weight is 163 g/mol. The van der Waals surface area contributed by atoms with E-state index in [2.05, 4.69) is 13.0 Å². The van der Waals surface area contributed by atoms with Crippen molar-refractivity contribution in [3.8, 4) is 6.07 Å². The molecule has 0 aromatic heterocycles. The largest absolute Gasteiger partial charge is 0.198 e. The van der Waals surface area contributed by atoms with Crippen LogP contribution in [0.3, 0.4) is 0 Å². The molecular formula is C11H17N. The third-order valence-electron chi connectivity index (χ3n) is 4.42. The quantitative estimate of drug-likeness (QED) is 0.613. The number of nitriles is 1. The topological polar surface area (TPSA) is 23.8 Å². The summed E-state index contributed by atoms with van der Waals surface area (Å²) in [6, 6.07) is 2.61. The summed E-state index contributed by atoms with van der Waals surface area (Å²) in [5.41, 5.74) is 0.556. The van der Waals surface area contributed by atoms with Crippen LogP contribution in [0.25, 0.3) is 0 Å². The maximum Gasteiger partial charge on any atom is 0.0695 e. The standard InChI is InChI=1S/C11H17N/c1-2-10(5-3-6-10)11(9-12)7-4-8-11/h2-8H2,1H3. The van der Waals surface area contributed by atoms with Crippen LogP contribution in [0.4, 0.5) is 0 Å². The lowest BCUT2D eigenvalue weighted by atomic mass is 9.45. The second-order valence-electron chi connectivity index (χ2n) is 4.53. The van der Waals surface area contributed by atoms with Crippen molar-refractivity contribution in [3.05, 3.63) is 0 Å². The first-order valence-electron chi connectivity index (χ1n) is 5.20. The predicted octanol–water partition coefficient (Wildman–Crippen LogP) is 3.26. The minimum Gasteiger partial charge on any atom is -0.198 e. The van der Waals surface area contributed by atoms with Crippen molar-refractivity contribution < 1.29 is 0 Å². The monoisotopic (exact) mass is 163 g/mol. The van der Waals surface area contributed by atoms with Crippen LogP contribution < -0.4 is 0 Å². The van der Waals surface area contributed by atoms with Gasteiger partial charge in [0.05, 0.1) is 11.5 Å². The Kier molecular flexibility index (Phi) is 1.68. The van der Waals surface area contributed by atoms with Crippen LogP contribution >= 0.6 is 0 Å². The van der Waals surface area contributed by atoms with Crippen molar-refractivity contribution in [1.82, 2.24) is 0 Å². The van der Waals surface area contributed by atoms with Crippen LogP contribution in [0.1, 0.15) is 51.9 Å². The van der Waals surface area contributed by atoms with E-state index in [1.807, 2.05) is 0 Å². The second kappa shape index (κ2) is 2.49. The Hall–Kier alpha value is -0.510. The fourth-order valence-corrected chi connectivity index (χ4v) is 3.07. The van der Waals surface area contributed by atoms with Gasteiger partial charge in [-0.2, -0.15) is 5.26 Å². The summed E-state index contributed by atoms with van der Waals surface area (Å²) < 4.78 is 0. The zero-order valence-corrected chi connectivity index (χ0v) is 7.90. The fourth-order valence-electron chi connectivity index (χ4n) is 3.07. The van der Waals surface area contributed by atoms with E-state index >= 15 is 0 Å². The summed E-state index contributed by atoms with van der Waals surface area (Å²) in [7, 11) is 0. The van der Waals surface area contributed by atoms with E-state index in [0.717, 1.165) is 0 Å². The maximum absolute atomic E-state index is 9.22. The van der Waals surface area contributed by atoms with Crippen LogP contribution in [0, 0.1) is 22.2 Å². The molecule has 0 saturated heterocycles. The molecule has 66 valence electrons. The van der Waals surface area contributed by atoms with E-state index in [1.165, 1.54) is 44.9 Å². The highest BCUT2D eigenvalue weighted by molar-refractivity contribution is 5.16. The molecule has 0 amide bonds. The van der Waals surface area contributed by atoms with Gasteiger partial charge in [0.2, 0.25) is 0 Å². The van der Waals surface area contributed by atoms with Gasteiger partial charge < -0.3 is 0 Å². The van der Waals surface area contributed by atoms with Crippen molar-refractivity contribution in [3.63, 3.8) is 0 Å². The average Bonchev–Trinajstić information content (AvgIpc) is 1.92. The van der Waals surface area contributed by atoms with Gasteiger partial charge >= 0.3 is 0 Å².